The van der Waals surface area contributed by atoms with Gasteiger partial charge in [-0.05, 0) is 44.2 Å². The molecule has 0 saturated heterocycles. The Kier molecular flexibility index (Phi) is 5.09. The molecule has 110 valence electrons. The van der Waals surface area contributed by atoms with Gasteiger partial charge in [0, 0.05) is 18.2 Å². The first-order chi connectivity index (χ1) is 9.56. The molecule has 0 aliphatic heterocycles. The molecule has 0 spiro atoms. The molecule has 1 fully saturated rings. The smallest absolute Gasteiger partial charge is 0.272 e. The third-order valence-corrected chi connectivity index (χ3v) is 3.99. The summed E-state index contributed by atoms with van der Waals surface area (Å²) in [5.41, 5.74) is 1.80. The third-order valence-electron chi connectivity index (χ3n) is 3.99. The normalized spacial score (nSPS) is 22.7. The minimum atomic E-state index is -0.337. The van der Waals surface area contributed by atoms with E-state index in [1.54, 1.807) is 19.1 Å². The molecule has 1 aromatic carbocycles. The van der Waals surface area contributed by atoms with Crippen molar-refractivity contribution in [1.29, 1.82) is 0 Å². The van der Waals surface area contributed by atoms with Gasteiger partial charge in [-0.3, -0.25) is 10.1 Å². The van der Waals surface area contributed by atoms with E-state index < -0.39 is 0 Å². The SMILES string of the molecule is Cc1ccc(CNCC2CCCC(O)C2)cc1[N+](=O)[O-]. The fourth-order valence-corrected chi connectivity index (χ4v) is 2.83. The molecule has 2 rings (SSSR count). The molecule has 1 aliphatic rings. The van der Waals surface area contributed by atoms with Gasteiger partial charge in [-0.15, -0.1) is 0 Å². The predicted octanol–water partition coefficient (Wildman–Crippen LogP) is 2.54. The Bertz CT molecular complexity index is 476. The molecule has 1 saturated carbocycles. The van der Waals surface area contributed by atoms with Crippen molar-refractivity contribution in [3.8, 4) is 0 Å². The van der Waals surface area contributed by atoms with Gasteiger partial charge in [0.2, 0.25) is 0 Å². The number of nitrogens with zero attached hydrogens (tertiary/aromatic N) is 1. The van der Waals surface area contributed by atoms with Gasteiger partial charge in [0.1, 0.15) is 0 Å². The van der Waals surface area contributed by atoms with Crippen LogP contribution in [0.1, 0.15) is 36.8 Å². The monoisotopic (exact) mass is 278 g/mol. The van der Waals surface area contributed by atoms with Gasteiger partial charge in [-0.2, -0.15) is 0 Å². The summed E-state index contributed by atoms with van der Waals surface area (Å²) >= 11 is 0. The first-order valence-electron chi connectivity index (χ1n) is 7.19. The maximum absolute atomic E-state index is 10.9. The summed E-state index contributed by atoms with van der Waals surface area (Å²) in [5, 5.41) is 23.9. The highest BCUT2D eigenvalue weighted by atomic mass is 16.6. The molecule has 5 nitrogen and oxygen atoms in total. The molecule has 2 unspecified atom stereocenters. The summed E-state index contributed by atoms with van der Waals surface area (Å²) in [7, 11) is 0. The Labute approximate surface area is 119 Å². The molecule has 2 atom stereocenters. The van der Waals surface area contributed by atoms with E-state index in [0.717, 1.165) is 37.8 Å². The van der Waals surface area contributed by atoms with Crippen LogP contribution in [0.4, 0.5) is 5.69 Å². The minimum absolute atomic E-state index is 0.156. The summed E-state index contributed by atoms with van der Waals surface area (Å²) in [5.74, 6) is 0.513. The van der Waals surface area contributed by atoms with Crippen molar-refractivity contribution in [3.05, 3.63) is 39.4 Å². The number of aliphatic hydroxyl groups is 1. The van der Waals surface area contributed by atoms with Crippen LogP contribution < -0.4 is 5.32 Å². The van der Waals surface area contributed by atoms with Gasteiger partial charge in [-0.25, -0.2) is 0 Å². The van der Waals surface area contributed by atoms with Gasteiger partial charge in [0.15, 0.2) is 0 Å². The first kappa shape index (κ1) is 14.9. The van der Waals surface area contributed by atoms with Crippen LogP contribution in [0.15, 0.2) is 18.2 Å². The zero-order chi connectivity index (χ0) is 14.5. The van der Waals surface area contributed by atoms with Crippen molar-refractivity contribution >= 4 is 5.69 Å². The lowest BCUT2D eigenvalue weighted by atomic mass is 9.87. The van der Waals surface area contributed by atoms with Gasteiger partial charge in [0.25, 0.3) is 5.69 Å². The van der Waals surface area contributed by atoms with Crippen LogP contribution >= 0.6 is 0 Å². The van der Waals surface area contributed by atoms with Crippen molar-refractivity contribution in [2.75, 3.05) is 6.54 Å². The minimum Gasteiger partial charge on any atom is -0.393 e. The zero-order valence-electron chi connectivity index (χ0n) is 11.8. The molecule has 0 heterocycles. The van der Waals surface area contributed by atoms with Crippen molar-refractivity contribution in [2.45, 2.75) is 45.3 Å². The third kappa shape index (κ3) is 4.02. The number of nitro benzene ring substituents is 1. The van der Waals surface area contributed by atoms with Crippen LogP contribution in [0.3, 0.4) is 0 Å². The Morgan fingerprint density at radius 2 is 2.25 bits per heavy atom. The molecule has 0 amide bonds. The highest BCUT2D eigenvalue weighted by Crippen LogP contribution is 2.24. The van der Waals surface area contributed by atoms with Crippen LogP contribution in [0, 0.1) is 23.0 Å². The number of nitrogens with one attached hydrogen (secondary N) is 1. The van der Waals surface area contributed by atoms with Gasteiger partial charge in [-0.1, -0.05) is 18.6 Å². The topological polar surface area (TPSA) is 75.4 Å². The number of benzene rings is 1. The Balaban J connectivity index is 1.85. The van der Waals surface area contributed by atoms with Crippen LogP contribution in [-0.2, 0) is 6.54 Å². The second-order valence-corrected chi connectivity index (χ2v) is 5.70. The largest absolute Gasteiger partial charge is 0.393 e. The van der Waals surface area contributed by atoms with Crippen LogP contribution in [0.25, 0.3) is 0 Å². The molecule has 1 aliphatic carbocycles. The highest BCUT2D eigenvalue weighted by molar-refractivity contribution is 5.42. The number of nitro groups is 1. The highest BCUT2D eigenvalue weighted by Gasteiger charge is 2.19. The molecular weight excluding hydrogens is 256 g/mol. The summed E-state index contributed by atoms with van der Waals surface area (Å²) < 4.78 is 0. The van der Waals surface area contributed by atoms with E-state index in [1.807, 2.05) is 6.07 Å². The maximum Gasteiger partial charge on any atom is 0.272 e. The van der Waals surface area contributed by atoms with E-state index in [0.29, 0.717) is 18.0 Å². The van der Waals surface area contributed by atoms with E-state index in [-0.39, 0.29) is 16.7 Å². The number of aryl methyl sites for hydroxylation is 1. The summed E-state index contributed by atoms with van der Waals surface area (Å²) in [6.45, 7) is 3.24. The Morgan fingerprint density at radius 3 is 2.95 bits per heavy atom. The van der Waals surface area contributed by atoms with Gasteiger partial charge >= 0.3 is 0 Å². The van der Waals surface area contributed by atoms with Crippen molar-refractivity contribution in [2.24, 2.45) is 5.92 Å². The van der Waals surface area contributed by atoms with E-state index in [4.69, 9.17) is 0 Å². The van der Waals surface area contributed by atoms with Crippen molar-refractivity contribution in [1.82, 2.24) is 5.32 Å². The molecule has 0 aromatic heterocycles. The standard InChI is InChI=1S/C15H22N2O3/c1-11-5-6-13(8-15(11)17(19)20)10-16-9-12-3-2-4-14(18)7-12/h5-6,8,12,14,16,18H,2-4,7,9-10H2,1H3. The van der Waals surface area contributed by atoms with E-state index >= 15 is 0 Å². The average molecular weight is 278 g/mol. The number of hydrogen-bond acceptors (Lipinski definition) is 4. The Morgan fingerprint density at radius 1 is 1.45 bits per heavy atom. The Hall–Kier alpha value is -1.46. The van der Waals surface area contributed by atoms with E-state index in [2.05, 4.69) is 5.32 Å². The lowest BCUT2D eigenvalue weighted by Gasteiger charge is -2.26. The second kappa shape index (κ2) is 6.81. The summed E-state index contributed by atoms with van der Waals surface area (Å²) in [4.78, 5) is 10.6. The van der Waals surface area contributed by atoms with Gasteiger partial charge < -0.3 is 10.4 Å². The number of hydrogen-bond donors (Lipinski definition) is 2. The lowest BCUT2D eigenvalue weighted by Crippen LogP contribution is -2.28. The second-order valence-electron chi connectivity index (χ2n) is 5.70. The number of aliphatic hydroxyl groups excluding tert-OH is 1. The van der Waals surface area contributed by atoms with E-state index in [1.165, 1.54) is 0 Å². The van der Waals surface area contributed by atoms with Crippen LogP contribution in [-0.4, -0.2) is 22.7 Å². The zero-order valence-corrected chi connectivity index (χ0v) is 11.8. The molecular formula is C15H22N2O3. The molecule has 0 bridgehead atoms. The van der Waals surface area contributed by atoms with Crippen molar-refractivity contribution in [3.63, 3.8) is 0 Å². The number of rotatable bonds is 5. The predicted molar refractivity (Wildman–Crippen MR) is 77.5 cm³/mol. The molecule has 1 aromatic rings. The van der Waals surface area contributed by atoms with E-state index in [9.17, 15) is 15.2 Å². The van der Waals surface area contributed by atoms with Crippen LogP contribution in [0.2, 0.25) is 0 Å². The van der Waals surface area contributed by atoms with Gasteiger partial charge in [0.05, 0.1) is 11.0 Å². The maximum atomic E-state index is 10.9. The summed E-state index contributed by atoms with van der Waals surface area (Å²) in [6, 6.07) is 5.35. The lowest BCUT2D eigenvalue weighted by molar-refractivity contribution is -0.385. The molecule has 2 N–H and O–H groups in total. The molecule has 5 heteroatoms. The fourth-order valence-electron chi connectivity index (χ4n) is 2.83. The average Bonchev–Trinajstić information content (AvgIpc) is 2.40. The molecule has 0 radical (unpaired) electrons. The quantitative estimate of drug-likeness (QED) is 0.641. The fraction of sp³-hybridized carbons (Fsp3) is 0.600. The summed E-state index contributed by atoms with van der Waals surface area (Å²) in [6.07, 6.45) is 3.86. The first-order valence-corrected chi connectivity index (χ1v) is 7.19. The molecule has 20 heavy (non-hydrogen) atoms. The van der Waals surface area contributed by atoms with Crippen LogP contribution in [0.5, 0.6) is 0 Å². The van der Waals surface area contributed by atoms with Crippen molar-refractivity contribution < 1.29 is 10.0 Å².